The van der Waals surface area contributed by atoms with Crippen LogP contribution in [0.5, 0.6) is 0 Å². The molecule has 100 valence electrons. The molecular weight excluding hydrogens is 316 g/mol. The highest BCUT2D eigenvalue weighted by atomic mass is 79.9. The van der Waals surface area contributed by atoms with Crippen LogP contribution in [0.25, 0.3) is 0 Å². The largest absolute Gasteiger partial charge is 0.466 e. The Kier molecular flexibility index (Phi) is 5.45. The lowest BCUT2D eigenvalue weighted by molar-refractivity contribution is -0.385. The number of nitro benzene ring substituents is 1. The van der Waals surface area contributed by atoms with Gasteiger partial charge in [-0.15, -0.1) is 0 Å². The van der Waals surface area contributed by atoms with Gasteiger partial charge in [-0.05, 0) is 12.5 Å². The number of carbonyl (C=O) groups excluding carboxylic acids is 1. The van der Waals surface area contributed by atoms with Gasteiger partial charge in [-0.1, -0.05) is 28.1 Å². The fourth-order valence-electron chi connectivity index (χ4n) is 1.63. The van der Waals surface area contributed by atoms with E-state index < -0.39 is 10.9 Å². The Bertz CT molecular complexity index is 551. The number of benzene rings is 1. The molecule has 0 radical (unpaired) electrons. The molecule has 0 N–H and O–H groups in total. The molecular formula is C12H11BrN2O4. The number of esters is 1. The first-order valence-corrected chi connectivity index (χ1v) is 6.58. The Balaban J connectivity index is 3.29. The molecule has 0 aliphatic carbocycles. The molecule has 1 rings (SSSR count). The number of nitriles is 1. The van der Waals surface area contributed by atoms with Crippen LogP contribution in [0.2, 0.25) is 0 Å². The number of carbonyl (C=O) groups is 1. The van der Waals surface area contributed by atoms with E-state index in [4.69, 9.17) is 10.00 Å². The van der Waals surface area contributed by atoms with Crippen LogP contribution in [-0.2, 0) is 21.3 Å². The Morgan fingerprint density at radius 2 is 2.16 bits per heavy atom. The Hall–Kier alpha value is -1.94. The second-order valence-electron chi connectivity index (χ2n) is 3.59. The van der Waals surface area contributed by atoms with E-state index in [1.54, 1.807) is 13.0 Å². The maximum absolute atomic E-state index is 11.4. The number of halogens is 1. The average molecular weight is 327 g/mol. The topological polar surface area (TPSA) is 93.2 Å². The molecule has 0 aliphatic heterocycles. The summed E-state index contributed by atoms with van der Waals surface area (Å²) in [6, 6.07) is 4.89. The van der Waals surface area contributed by atoms with Crippen molar-refractivity contribution in [2.75, 3.05) is 6.61 Å². The standard InChI is InChI=1S/C12H11BrN2O4/c1-2-19-11(16)5-8-3-4-9(6-13)10(7-14)12(8)15(17)18/h3-4H,2,5-6H2,1H3. The second-order valence-corrected chi connectivity index (χ2v) is 4.15. The van der Waals surface area contributed by atoms with Crippen molar-refractivity contribution in [3.8, 4) is 6.07 Å². The van der Waals surface area contributed by atoms with E-state index in [2.05, 4.69) is 15.9 Å². The van der Waals surface area contributed by atoms with Crippen molar-refractivity contribution in [2.45, 2.75) is 18.7 Å². The van der Waals surface area contributed by atoms with Crippen LogP contribution >= 0.6 is 15.9 Å². The quantitative estimate of drug-likeness (QED) is 0.358. The number of ether oxygens (including phenoxy) is 1. The van der Waals surface area contributed by atoms with Crippen LogP contribution < -0.4 is 0 Å². The van der Waals surface area contributed by atoms with Crippen LogP contribution in [0, 0.1) is 21.4 Å². The maximum Gasteiger partial charge on any atom is 0.310 e. The molecule has 0 bridgehead atoms. The lowest BCUT2D eigenvalue weighted by Gasteiger charge is -2.07. The summed E-state index contributed by atoms with van der Waals surface area (Å²) in [5, 5.41) is 20.5. The summed E-state index contributed by atoms with van der Waals surface area (Å²) in [5.41, 5.74) is 0.350. The van der Waals surface area contributed by atoms with Crippen LogP contribution in [0.4, 0.5) is 5.69 Å². The minimum atomic E-state index is -0.640. The van der Waals surface area contributed by atoms with Crippen molar-refractivity contribution in [3.05, 3.63) is 38.9 Å². The minimum Gasteiger partial charge on any atom is -0.466 e. The van der Waals surface area contributed by atoms with Gasteiger partial charge in [0.15, 0.2) is 0 Å². The summed E-state index contributed by atoms with van der Waals surface area (Å²) in [6.45, 7) is 1.86. The first kappa shape index (κ1) is 15.1. The summed E-state index contributed by atoms with van der Waals surface area (Å²) in [5.74, 6) is -0.555. The molecule has 0 fully saturated rings. The Morgan fingerprint density at radius 3 is 2.63 bits per heavy atom. The van der Waals surface area contributed by atoms with Crippen molar-refractivity contribution in [1.82, 2.24) is 0 Å². The van der Waals surface area contributed by atoms with E-state index in [1.165, 1.54) is 6.07 Å². The van der Waals surface area contributed by atoms with Gasteiger partial charge < -0.3 is 4.74 Å². The molecule has 0 atom stereocenters. The van der Waals surface area contributed by atoms with Crippen LogP contribution in [-0.4, -0.2) is 17.5 Å². The van der Waals surface area contributed by atoms with Gasteiger partial charge >= 0.3 is 5.97 Å². The zero-order chi connectivity index (χ0) is 14.4. The van der Waals surface area contributed by atoms with Gasteiger partial charge in [0.25, 0.3) is 5.69 Å². The normalized spacial score (nSPS) is 9.74. The zero-order valence-corrected chi connectivity index (χ0v) is 11.8. The van der Waals surface area contributed by atoms with E-state index >= 15 is 0 Å². The first-order valence-electron chi connectivity index (χ1n) is 5.45. The minimum absolute atomic E-state index is 0.0244. The highest BCUT2D eigenvalue weighted by Crippen LogP contribution is 2.28. The molecule has 1 aromatic carbocycles. The summed E-state index contributed by atoms with van der Waals surface area (Å²) in [6.07, 6.45) is -0.221. The highest BCUT2D eigenvalue weighted by molar-refractivity contribution is 9.08. The molecule has 7 heteroatoms. The molecule has 1 aromatic rings. The van der Waals surface area contributed by atoms with Crippen LogP contribution in [0.1, 0.15) is 23.6 Å². The Labute approximate surface area is 118 Å². The molecule has 0 saturated carbocycles. The second kappa shape index (κ2) is 6.85. The molecule has 0 aliphatic rings. The number of nitro groups is 1. The number of hydrogen-bond donors (Lipinski definition) is 0. The molecule has 6 nitrogen and oxygen atoms in total. The lowest BCUT2D eigenvalue weighted by Crippen LogP contribution is -2.10. The SMILES string of the molecule is CCOC(=O)Cc1ccc(CBr)c(C#N)c1[N+](=O)[O-]. The van der Waals surface area contributed by atoms with Gasteiger partial charge in [-0.2, -0.15) is 5.26 Å². The average Bonchev–Trinajstić information content (AvgIpc) is 2.37. The fraction of sp³-hybridized carbons (Fsp3) is 0.333. The lowest BCUT2D eigenvalue weighted by atomic mass is 10.0. The van der Waals surface area contributed by atoms with Crippen molar-refractivity contribution < 1.29 is 14.5 Å². The smallest absolute Gasteiger partial charge is 0.310 e. The number of nitrogens with zero attached hydrogens (tertiary/aromatic N) is 2. The van der Waals surface area contributed by atoms with Gasteiger partial charge in [0.2, 0.25) is 0 Å². The molecule has 0 amide bonds. The van der Waals surface area contributed by atoms with Gasteiger partial charge in [0.05, 0.1) is 18.0 Å². The monoisotopic (exact) mass is 326 g/mol. The first-order chi connectivity index (χ1) is 9.04. The number of hydrogen-bond acceptors (Lipinski definition) is 5. The Morgan fingerprint density at radius 1 is 1.53 bits per heavy atom. The van der Waals surface area contributed by atoms with Crippen molar-refractivity contribution in [2.24, 2.45) is 0 Å². The van der Waals surface area contributed by atoms with Gasteiger partial charge in [0, 0.05) is 10.9 Å². The van der Waals surface area contributed by atoms with E-state index in [-0.39, 0.29) is 29.8 Å². The number of alkyl halides is 1. The summed E-state index contributed by atoms with van der Waals surface area (Å²) in [7, 11) is 0. The van der Waals surface area contributed by atoms with E-state index in [1.807, 2.05) is 6.07 Å². The summed E-state index contributed by atoms with van der Waals surface area (Å²) >= 11 is 3.17. The fourth-order valence-corrected chi connectivity index (χ4v) is 2.10. The predicted molar refractivity (Wildman–Crippen MR) is 70.8 cm³/mol. The van der Waals surface area contributed by atoms with Gasteiger partial charge in [-0.25, -0.2) is 0 Å². The maximum atomic E-state index is 11.4. The predicted octanol–water partition coefficient (Wildman–Crippen LogP) is 2.47. The van der Waals surface area contributed by atoms with Crippen LogP contribution in [0.3, 0.4) is 0 Å². The third-order valence-electron chi connectivity index (χ3n) is 2.43. The molecule has 0 aromatic heterocycles. The van der Waals surface area contributed by atoms with Crippen molar-refractivity contribution >= 4 is 27.6 Å². The molecule has 0 saturated heterocycles. The van der Waals surface area contributed by atoms with E-state index in [9.17, 15) is 14.9 Å². The number of rotatable bonds is 5. The summed E-state index contributed by atoms with van der Waals surface area (Å²) in [4.78, 5) is 21.9. The molecule has 0 unspecified atom stereocenters. The van der Waals surface area contributed by atoms with Crippen molar-refractivity contribution in [3.63, 3.8) is 0 Å². The van der Waals surface area contributed by atoms with E-state index in [0.29, 0.717) is 10.9 Å². The third-order valence-corrected chi connectivity index (χ3v) is 3.03. The molecule has 19 heavy (non-hydrogen) atoms. The van der Waals surface area contributed by atoms with E-state index in [0.717, 1.165) is 0 Å². The zero-order valence-electron chi connectivity index (χ0n) is 10.2. The molecule has 0 heterocycles. The summed E-state index contributed by atoms with van der Waals surface area (Å²) < 4.78 is 4.76. The van der Waals surface area contributed by atoms with Crippen molar-refractivity contribution in [1.29, 1.82) is 5.26 Å². The molecule has 0 spiro atoms. The third kappa shape index (κ3) is 3.51. The van der Waals surface area contributed by atoms with Gasteiger partial charge in [0.1, 0.15) is 11.6 Å². The van der Waals surface area contributed by atoms with Gasteiger partial charge in [-0.3, -0.25) is 14.9 Å². The van der Waals surface area contributed by atoms with Crippen LogP contribution in [0.15, 0.2) is 12.1 Å². The highest BCUT2D eigenvalue weighted by Gasteiger charge is 2.24.